The van der Waals surface area contributed by atoms with Gasteiger partial charge in [0.2, 0.25) is 0 Å². The van der Waals surface area contributed by atoms with Crippen molar-refractivity contribution in [3.8, 4) is 11.2 Å². The molecule has 0 saturated heterocycles. The summed E-state index contributed by atoms with van der Waals surface area (Å²) in [5.41, 5.74) is 3.46. The van der Waals surface area contributed by atoms with Crippen LogP contribution in [0.3, 0.4) is 0 Å². The Kier molecular flexibility index (Phi) is 7.90. The first-order valence-electron chi connectivity index (χ1n) is 8.71. The van der Waals surface area contributed by atoms with Gasteiger partial charge in [-0.25, -0.2) is 0 Å². The minimum Gasteiger partial charge on any atom is -0.493 e. The second-order valence-electron chi connectivity index (χ2n) is 6.25. The summed E-state index contributed by atoms with van der Waals surface area (Å²) >= 11 is 1.06. The van der Waals surface area contributed by atoms with Crippen molar-refractivity contribution in [1.82, 2.24) is 0 Å². The van der Waals surface area contributed by atoms with E-state index in [1.165, 1.54) is 0 Å². The van der Waals surface area contributed by atoms with Crippen LogP contribution in [-0.4, -0.2) is 25.1 Å². The number of nitriles is 1. The molecule has 1 N–H and O–H groups in total. The van der Waals surface area contributed by atoms with Gasteiger partial charge in [0.25, 0.3) is 5.91 Å². The molecule has 2 rings (SSSR count). The molecule has 0 aliphatic rings. The lowest BCUT2D eigenvalue weighted by molar-refractivity contribution is -0.147. The monoisotopic (exact) mass is 398 g/mol. The van der Waals surface area contributed by atoms with Gasteiger partial charge in [-0.15, -0.1) is 0 Å². The predicted octanol–water partition coefficient (Wildman–Crippen LogP) is 4.14. The van der Waals surface area contributed by atoms with Gasteiger partial charge in [-0.3, -0.25) is 9.59 Å². The number of carbonyl (C=O) groups excluding carboxylic acids is 2. The molecule has 2 aromatic carbocycles. The molecule has 0 bridgehead atoms. The van der Waals surface area contributed by atoms with Crippen molar-refractivity contribution in [2.24, 2.45) is 0 Å². The maximum atomic E-state index is 12.1. The normalized spacial score (nSPS) is 10.1. The van der Waals surface area contributed by atoms with Gasteiger partial charge in [0.15, 0.2) is 6.61 Å². The van der Waals surface area contributed by atoms with Gasteiger partial charge in [-0.1, -0.05) is 17.7 Å². The third-order valence-corrected chi connectivity index (χ3v) is 4.46. The third kappa shape index (κ3) is 6.63. The molecule has 7 heteroatoms. The number of aryl methyl sites for hydroxylation is 3. The van der Waals surface area contributed by atoms with Crippen LogP contribution in [0.4, 0.5) is 5.69 Å². The van der Waals surface area contributed by atoms with Crippen molar-refractivity contribution in [2.75, 3.05) is 18.5 Å². The Morgan fingerprint density at radius 2 is 1.75 bits per heavy atom. The minimum atomic E-state index is -0.503. The first kappa shape index (κ1) is 21.3. The Labute approximate surface area is 168 Å². The molecule has 2 aromatic rings. The number of thiocyanates is 1. The van der Waals surface area contributed by atoms with Crippen LogP contribution < -0.4 is 10.1 Å². The molecule has 0 aliphatic heterocycles. The van der Waals surface area contributed by atoms with Gasteiger partial charge >= 0.3 is 5.97 Å². The van der Waals surface area contributed by atoms with Gasteiger partial charge in [-0.05, 0) is 67.9 Å². The van der Waals surface area contributed by atoms with E-state index in [0.717, 1.165) is 33.3 Å². The van der Waals surface area contributed by atoms with Crippen molar-refractivity contribution in [3.05, 3.63) is 53.1 Å². The Morgan fingerprint density at radius 3 is 2.36 bits per heavy atom. The standard InChI is InChI=1S/C21H22N2O4S/c1-14-4-6-17(7-5-14)26-9-8-20(25)27-12-19(24)23-21-15(2)10-18(28-13-22)11-16(21)3/h4-7,10-11H,8-9,12H2,1-3H3,(H,23,24). The van der Waals surface area contributed by atoms with Crippen molar-refractivity contribution in [1.29, 1.82) is 5.26 Å². The number of rotatable bonds is 8. The average Bonchev–Trinajstić information content (AvgIpc) is 2.65. The van der Waals surface area contributed by atoms with Gasteiger partial charge in [0.05, 0.1) is 13.0 Å². The van der Waals surface area contributed by atoms with Crippen LogP contribution in [0, 0.1) is 31.4 Å². The van der Waals surface area contributed by atoms with E-state index < -0.39 is 11.9 Å². The zero-order chi connectivity index (χ0) is 20.5. The zero-order valence-corrected chi connectivity index (χ0v) is 16.9. The third-order valence-electron chi connectivity index (χ3n) is 3.89. The molecule has 28 heavy (non-hydrogen) atoms. The molecule has 0 radical (unpaired) electrons. The van der Waals surface area contributed by atoms with Crippen LogP contribution in [0.5, 0.6) is 5.75 Å². The quantitative estimate of drug-likeness (QED) is 0.408. The fraction of sp³-hybridized carbons (Fsp3) is 0.286. The van der Waals surface area contributed by atoms with Gasteiger partial charge in [-0.2, -0.15) is 5.26 Å². The molecule has 0 unspecified atom stereocenters. The second kappa shape index (κ2) is 10.4. The average molecular weight is 398 g/mol. The van der Waals surface area contributed by atoms with E-state index in [1.54, 1.807) is 0 Å². The van der Waals surface area contributed by atoms with Crippen molar-refractivity contribution < 1.29 is 19.1 Å². The molecule has 0 heterocycles. The van der Waals surface area contributed by atoms with E-state index in [1.807, 2.05) is 62.6 Å². The molecule has 0 aromatic heterocycles. The number of nitrogens with one attached hydrogen (secondary N) is 1. The molecule has 0 fully saturated rings. The van der Waals surface area contributed by atoms with Gasteiger partial charge < -0.3 is 14.8 Å². The van der Waals surface area contributed by atoms with Gasteiger partial charge in [0.1, 0.15) is 11.2 Å². The fourth-order valence-electron chi connectivity index (χ4n) is 2.51. The van der Waals surface area contributed by atoms with Crippen LogP contribution in [0.15, 0.2) is 41.3 Å². The number of thioether (sulfide) groups is 1. The minimum absolute atomic E-state index is 0.0549. The highest BCUT2D eigenvalue weighted by atomic mass is 32.2. The number of esters is 1. The molecule has 146 valence electrons. The Morgan fingerprint density at radius 1 is 1.11 bits per heavy atom. The van der Waals surface area contributed by atoms with E-state index >= 15 is 0 Å². The van der Waals surface area contributed by atoms with Crippen molar-refractivity contribution >= 4 is 29.3 Å². The smallest absolute Gasteiger partial charge is 0.309 e. The first-order chi connectivity index (χ1) is 13.4. The zero-order valence-electron chi connectivity index (χ0n) is 16.1. The lowest BCUT2D eigenvalue weighted by atomic mass is 10.1. The number of ether oxygens (including phenoxy) is 2. The van der Waals surface area contributed by atoms with Crippen LogP contribution in [0.1, 0.15) is 23.1 Å². The topological polar surface area (TPSA) is 88.4 Å². The summed E-state index contributed by atoms with van der Waals surface area (Å²) in [7, 11) is 0. The molecular formula is C21H22N2O4S. The number of hydrogen-bond acceptors (Lipinski definition) is 6. The predicted molar refractivity (Wildman–Crippen MR) is 108 cm³/mol. The maximum Gasteiger partial charge on any atom is 0.309 e. The number of carbonyl (C=O) groups is 2. The molecule has 0 saturated carbocycles. The van der Waals surface area contributed by atoms with E-state index in [0.29, 0.717) is 11.4 Å². The summed E-state index contributed by atoms with van der Waals surface area (Å²) in [5, 5.41) is 13.5. The molecule has 0 aliphatic carbocycles. The molecule has 0 atom stereocenters. The van der Waals surface area contributed by atoms with E-state index in [2.05, 4.69) is 5.32 Å². The number of nitrogens with zero attached hydrogens (tertiary/aromatic N) is 1. The Bertz CT molecular complexity index is 865. The number of benzene rings is 2. The summed E-state index contributed by atoms with van der Waals surface area (Å²) in [4.78, 5) is 24.7. The largest absolute Gasteiger partial charge is 0.493 e. The number of hydrogen-bond donors (Lipinski definition) is 1. The summed E-state index contributed by atoms with van der Waals surface area (Å²) in [6.45, 7) is 5.49. The molecule has 6 nitrogen and oxygen atoms in total. The maximum absolute atomic E-state index is 12.1. The SMILES string of the molecule is Cc1ccc(OCCC(=O)OCC(=O)Nc2c(C)cc(SC#N)cc2C)cc1. The Balaban J connectivity index is 1.76. The second-order valence-corrected chi connectivity index (χ2v) is 7.10. The summed E-state index contributed by atoms with van der Waals surface area (Å²) in [5.74, 6) is -0.240. The summed E-state index contributed by atoms with van der Waals surface area (Å²) < 4.78 is 10.5. The van der Waals surface area contributed by atoms with E-state index in [9.17, 15) is 9.59 Å². The number of amides is 1. The van der Waals surface area contributed by atoms with Crippen LogP contribution >= 0.6 is 11.8 Å². The molecular weight excluding hydrogens is 376 g/mol. The number of anilines is 1. The first-order valence-corrected chi connectivity index (χ1v) is 9.53. The van der Waals surface area contributed by atoms with Crippen molar-refractivity contribution in [2.45, 2.75) is 32.1 Å². The highest BCUT2D eigenvalue weighted by Gasteiger charge is 2.12. The Hall–Kier alpha value is -2.98. The lowest BCUT2D eigenvalue weighted by Gasteiger charge is -2.13. The van der Waals surface area contributed by atoms with Gasteiger partial charge in [0, 0.05) is 10.6 Å². The van der Waals surface area contributed by atoms with Crippen LogP contribution in [-0.2, 0) is 14.3 Å². The molecule has 0 spiro atoms. The lowest BCUT2D eigenvalue weighted by Crippen LogP contribution is -2.22. The highest BCUT2D eigenvalue weighted by Crippen LogP contribution is 2.27. The fourth-order valence-corrected chi connectivity index (χ4v) is 3.09. The van der Waals surface area contributed by atoms with E-state index in [-0.39, 0.29) is 19.6 Å². The van der Waals surface area contributed by atoms with Crippen LogP contribution in [0.25, 0.3) is 0 Å². The molecule has 1 amide bonds. The van der Waals surface area contributed by atoms with Crippen molar-refractivity contribution in [3.63, 3.8) is 0 Å². The summed E-state index contributed by atoms with van der Waals surface area (Å²) in [6, 6.07) is 11.2. The van der Waals surface area contributed by atoms with Crippen LogP contribution in [0.2, 0.25) is 0 Å². The summed E-state index contributed by atoms with van der Waals surface area (Å²) in [6.07, 6.45) is 0.0549. The van der Waals surface area contributed by atoms with E-state index in [4.69, 9.17) is 14.7 Å². The highest BCUT2D eigenvalue weighted by molar-refractivity contribution is 8.03.